The maximum Gasteiger partial charge on any atom is 0.417 e. The van der Waals surface area contributed by atoms with Gasteiger partial charge in [0.2, 0.25) is 21.8 Å². The monoisotopic (exact) mass is 625 g/mol. The second-order valence-electron chi connectivity index (χ2n) is 8.58. The molecule has 0 heterocycles. The number of halogens is 5. The van der Waals surface area contributed by atoms with Gasteiger partial charge in [-0.25, -0.2) is 8.42 Å². The quantitative estimate of drug-likeness (QED) is 0.392. The highest BCUT2D eigenvalue weighted by atomic mass is 79.9. The molecule has 37 heavy (non-hydrogen) atoms. The van der Waals surface area contributed by atoms with Crippen molar-refractivity contribution in [1.82, 2.24) is 10.2 Å². The van der Waals surface area contributed by atoms with Crippen molar-refractivity contribution >= 4 is 55.1 Å². The minimum absolute atomic E-state index is 0.0423. The molecule has 2 rings (SSSR count). The van der Waals surface area contributed by atoms with Gasteiger partial charge in [-0.3, -0.25) is 13.9 Å². The molecule has 7 nitrogen and oxygen atoms in total. The lowest BCUT2D eigenvalue weighted by molar-refractivity contribution is -0.139. The Balaban J connectivity index is 2.48. The molecule has 0 saturated carbocycles. The van der Waals surface area contributed by atoms with Crippen LogP contribution in [0, 0.1) is 0 Å². The highest BCUT2D eigenvalue weighted by Gasteiger charge is 2.35. The molecule has 0 fully saturated rings. The molecule has 2 atom stereocenters. The average molecular weight is 627 g/mol. The zero-order valence-electron chi connectivity index (χ0n) is 20.6. The topological polar surface area (TPSA) is 86.8 Å². The van der Waals surface area contributed by atoms with Crippen molar-refractivity contribution in [3.63, 3.8) is 0 Å². The summed E-state index contributed by atoms with van der Waals surface area (Å²) in [6.07, 6.45) is -3.41. The zero-order valence-corrected chi connectivity index (χ0v) is 23.8. The van der Waals surface area contributed by atoms with E-state index in [9.17, 15) is 31.2 Å². The lowest BCUT2D eigenvalue weighted by Gasteiger charge is -2.32. The zero-order chi connectivity index (χ0) is 28.1. The molecule has 0 bridgehead atoms. The van der Waals surface area contributed by atoms with Gasteiger partial charge in [0.15, 0.2) is 0 Å². The highest BCUT2D eigenvalue weighted by molar-refractivity contribution is 9.10. The Labute approximate surface area is 228 Å². The van der Waals surface area contributed by atoms with E-state index in [1.165, 1.54) is 11.8 Å². The number of hydrogen-bond donors (Lipinski definition) is 1. The molecule has 0 aliphatic heterocycles. The molecule has 0 saturated heterocycles. The van der Waals surface area contributed by atoms with Crippen molar-refractivity contribution in [2.75, 3.05) is 17.1 Å². The van der Waals surface area contributed by atoms with E-state index in [2.05, 4.69) is 21.2 Å². The molecule has 1 N–H and O–H groups in total. The number of carbonyl (C=O) groups is 2. The van der Waals surface area contributed by atoms with Crippen LogP contribution in [0.1, 0.15) is 38.3 Å². The number of anilines is 1. The second kappa shape index (κ2) is 12.5. The van der Waals surface area contributed by atoms with Crippen LogP contribution in [0.15, 0.2) is 46.9 Å². The van der Waals surface area contributed by atoms with Crippen LogP contribution < -0.4 is 9.62 Å². The van der Waals surface area contributed by atoms with Crippen LogP contribution in [0.25, 0.3) is 0 Å². The van der Waals surface area contributed by atoms with Crippen molar-refractivity contribution in [2.24, 2.45) is 0 Å². The molecule has 13 heteroatoms. The molecule has 204 valence electrons. The van der Waals surface area contributed by atoms with Crippen molar-refractivity contribution in [2.45, 2.75) is 52.0 Å². The molecular weight excluding hydrogens is 599 g/mol. The largest absolute Gasteiger partial charge is 0.417 e. The first-order valence-electron chi connectivity index (χ1n) is 11.2. The van der Waals surface area contributed by atoms with Crippen LogP contribution in [0.4, 0.5) is 18.9 Å². The standard InChI is InChI=1S/C24H28BrClF3N3O4S/c1-5-15(2)30-23(34)16(3)31(13-17-7-6-8-18(25)11-17)22(33)14-32(37(4,35)36)19-9-10-21(26)20(12-19)24(27,28)29/h6-12,15-16H,5,13-14H2,1-4H3,(H,30,34)/t15-,16-/m1/s1. The van der Waals surface area contributed by atoms with Gasteiger partial charge in [0, 0.05) is 17.1 Å². The van der Waals surface area contributed by atoms with Crippen LogP contribution in [0.3, 0.4) is 0 Å². The highest BCUT2D eigenvalue weighted by Crippen LogP contribution is 2.37. The van der Waals surface area contributed by atoms with Crippen molar-refractivity contribution < 1.29 is 31.2 Å². The van der Waals surface area contributed by atoms with E-state index in [1.807, 2.05) is 6.92 Å². The summed E-state index contributed by atoms with van der Waals surface area (Å²) in [5, 5.41) is 2.19. The molecule has 0 aromatic heterocycles. The van der Waals surface area contributed by atoms with E-state index in [0.717, 1.165) is 22.9 Å². The molecule has 0 aliphatic carbocycles. The van der Waals surface area contributed by atoms with Gasteiger partial charge < -0.3 is 10.2 Å². The van der Waals surface area contributed by atoms with E-state index in [0.29, 0.717) is 22.4 Å². The lowest BCUT2D eigenvalue weighted by Crippen LogP contribution is -2.52. The summed E-state index contributed by atoms with van der Waals surface area (Å²) in [6, 6.07) is 8.40. The smallest absolute Gasteiger partial charge is 0.352 e. The van der Waals surface area contributed by atoms with E-state index < -0.39 is 51.2 Å². The SMILES string of the molecule is CC[C@@H](C)NC(=O)[C@@H](C)N(Cc1cccc(Br)c1)C(=O)CN(c1ccc(Cl)c(C(F)(F)F)c1)S(C)(=O)=O. The van der Waals surface area contributed by atoms with E-state index >= 15 is 0 Å². The summed E-state index contributed by atoms with van der Waals surface area (Å²) in [4.78, 5) is 27.6. The molecule has 0 aliphatic rings. The normalized spacial score (nSPS) is 13.5. The first-order chi connectivity index (χ1) is 17.0. The van der Waals surface area contributed by atoms with Gasteiger partial charge in [-0.2, -0.15) is 13.2 Å². The Kier molecular flexibility index (Phi) is 10.4. The van der Waals surface area contributed by atoms with Crippen molar-refractivity contribution in [3.05, 3.63) is 63.1 Å². The molecule has 0 unspecified atom stereocenters. The molecule has 2 aromatic carbocycles. The number of nitrogens with one attached hydrogen (secondary N) is 1. The maximum absolute atomic E-state index is 13.5. The third-order valence-corrected chi connectivity index (χ3v) is 7.60. The average Bonchev–Trinajstić information content (AvgIpc) is 2.79. The van der Waals surface area contributed by atoms with E-state index in [4.69, 9.17) is 11.6 Å². The Morgan fingerprint density at radius 2 is 1.78 bits per heavy atom. The molecule has 0 radical (unpaired) electrons. The number of rotatable bonds is 10. The fourth-order valence-corrected chi connectivity index (χ4v) is 4.89. The number of carbonyl (C=O) groups excluding carboxylic acids is 2. The Hall–Kier alpha value is -2.31. The molecule has 2 aromatic rings. The second-order valence-corrected chi connectivity index (χ2v) is 11.8. The fourth-order valence-electron chi connectivity index (χ4n) is 3.38. The fraction of sp³-hybridized carbons (Fsp3) is 0.417. The minimum Gasteiger partial charge on any atom is -0.352 e. The number of hydrogen-bond acceptors (Lipinski definition) is 4. The van der Waals surface area contributed by atoms with Gasteiger partial charge in [0.25, 0.3) is 0 Å². The Bertz CT molecular complexity index is 1240. The van der Waals surface area contributed by atoms with Crippen molar-refractivity contribution in [1.29, 1.82) is 0 Å². The molecule has 2 amide bonds. The Morgan fingerprint density at radius 1 is 1.14 bits per heavy atom. The van der Waals surface area contributed by atoms with Crippen LogP contribution >= 0.6 is 27.5 Å². The molecular formula is C24H28BrClF3N3O4S. The maximum atomic E-state index is 13.5. The van der Waals surface area contributed by atoms with Crippen LogP contribution in [-0.2, 0) is 32.3 Å². The van der Waals surface area contributed by atoms with Gasteiger partial charge >= 0.3 is 6.18 Å². The van der Waals surface area contributed by atoms with E-state index in [-0.39, 0.29) is 18.3 Å². The predicted molar refractivity (Wildman–Crippen MR) is 141 cm³/mol. The van der Waals surface area contributed by atoms with Crippen LogP contribution in [0.5, 0.6) is 0 Å². The summed E-state index contributed by atoms with van der Waals surface area (Å²) < 4.78 is 66.7. The lowest BCUT2D eigenvalue weighted by atomic mass is 10.1. The summed E-state index contributed by atoms with van der Waals surface area (Å²) in [7, 11) is -4.20. The summed E-state index contributed by atoms with van der Waals surface area (Å²) in [5.41, 5.74) is -0.964. The third-order valence-electron chi connectivity index (χ3n) is 5.63. The van der Waals surface area contributed by atoms with Gasteiger partial charge in [-0.05, 0) is 56.2 Å². The van der Waals surface area contributed by atoms with Gasteiger partial charge in [-0.1, -0.05) is 46.6 Å². The Morgan fingerprint density at radius 3 is 2.32 bits per heavy atom. The summed E-state index contributed by atoms with van der Waals surface area (Å²) in [5.74, 6) is -1.23. The first kappa shape index (κ1) is 30.9. The number of benzene rings is 2. The number of amides is 2. The number of nitrogens with zero attached hydrogens (tertiary/aromatic N) is 2. The first-order valence-corrected chi connectivity index (χ1v) is 14.2. The molecule has 0 spiro atoms. The summed E-state index contributed by atoms with van der Waals surface area (Å²) >= 11 is 9.03. The summed E-state index contributed by atoms with van der Waals surface area (Å²) in [6.45, 7) is 4.31. The predicted octanol–water partition coefficient (Wildman–Crippen LogP) is 5.22. The van der Waals surface area contributed by atoms with Crippen molar-refractivity contribution in [3.8, 4) is 0 Å². The number of sulfonamides is 1. The third kappa shape index (κ3) is 8.61. The number of alkyl halides is 3. The van der Waals surface area contributed by atoms with Gasteiger partial charge in [0.05, 0.1) is 22.5 Å². The van der Waals surface area contributed by atoms with Gasteiger partial charge in [-0.15, -0.1) is 0 Å². The van der Waals surface area contributed by atoms with E-state index in [1.54, 1.807) is 31.2 Å². The van der Waals surface area contributed by atoms with Crippen LogP contribution in [-0.4, -0.2) is 50.0 Å². The minimum atomic E-state index is -4.84. The van der Waals surface area contributed by atoms with Gasteiger partial charge in [0.1, 0.15) is 12.6 Å². The van der Waals surface area contributed by atoms with Crippen LogP contribution in [0.2, 0.25) is 5.02 Å².